The van der Waals surface area contributed by atoms with Crippen LogP contribution in [0.5, 0.6) is 0 Å². The van der Waals surface area contributed by atoms with Gasteiger partial charge in [0.1, 0.15) is 0 Å². The molecule has 0 aromatic rings. The zero-order valence-corrected chi connectivity index (χ0v) is 18.5. The van der Waals surface area contributed by atoms with Gasteiger partial charge < -0.3 is 28.6 Å². The Morgan fingerprint density at radius 2 is 1.07 bits per heavy atom. The van der Waals surface area contributed by atoms with E-state index in [0.717, 1.165) is 0 Å². The highest BCUT2D eigenvalue weighted by molar-refractivity contribution is 6.60. The molecule has 0 heterocycles. The van der Waals surface area contributed by atoms with E-state index in [-0.39, 0.29) is 19.6 Å². The molecule has 170 valence electrons. The van der Waals surface area contributed by atoms with Gasteiger partial charge in [-0.05, 0) is 33.7 Å². The van der Waals surface area contributed by atoms with Crippen LogP contribution in [-0.2, 0) is 27.7 Å². The summed E-state index contributed by atoms with van der Waals surface area (Å²) in [6.45, 7) is 6.57. The third kappa shape index (κ3) is 13.3. The predicted octanol–water partition coefficient (Wildman–Crippen LogP) is 0.283. The van der Waals surface area contributed by atoms with Crippen molar-refractivity contribution in [3.8, 4) is 0 Å². The van der Waals surface area contributed by atoms with Crippen LogP contribution in [0.2, 0.25) is 6.04 Å². The zero-order valence-electron chi connectivity index (χ0n) is 17.5. The second-order valence-electron chi connectivity index (χ2n) is 6.25. The largest absolute Gasteiger partial charge is 0.500 e. The summed E-state index contributed by atoms with van der Waals surface area (Å²) in [5.41, 5.74) is 0. The van der Waals surface area contributed by atoms with E-state index in [2.05, 4.69) is 0 Å². The van der Waals surface area contributed by atoms with E-state index in [1.807, 2.05) is 20.8 Å². The fourth-order valence-corrected chi connectivity index (χ4v) is 5.45. The lowest BCUT2D eigenvalue weighted by atomic mass is 10.3. The van der Waals surface area contributed by atoms with Crippen molar-refractivity contribution in [2.45, 2.75) is 33.2 Å². The minimum absolute atomic E-state index is 0.122. The lowest BCUT2D eigenvalue weighted by molar-refractivity contribution is -0.143. The second kappa shape index (κ2) is 15.3. The lowest BCUT2D eigenvalue weighted by Gasteiger charge is -2.30. The van der Waals surface area contributed by atoms with Crippen molar-refractivity contribution in [3.05, 3.63) is 0 Å². The van der Waals surface area contributed by atoms with Crippen LogP contribution in [0.3, 0.4) is 0 Å². The number of hydrogen-bond acceptors (Lipinski definition) is 8. The van der Waals surface area contributed by atoms with Gasteiger partial charge >= 0.3 is 26.7 Å². The third-order valence-electron chi connectivity index (χ3n) is 3.86. The first-order chi connectivity index (χ1) is 13.7. The average molecular weight is 439 g/mol. The summed E-state index contributed by atoms with van der Waals surface area (Å²) in [5.74, 6) is -3.30. The Morgan fingerprint density at radius 3 is 1.45 bits per heavy atom. The predicted molar refractivity (Wildman–Crippen MR) is 106 cm³/mol. The summed E-state index contributed by atoms with van der Waals surface area (Å²) < 4.78 is 17.3. The number of carboxylic acid groups (broad SMARTS) is 3. The van der Waals surface area contributed by atoms with Crippen molar-refractivity contribution in [2.75, 3.05) is 59.1 Å². The van der Waals surface area contributed by atoms with Crippen molar-refractivity contribution >= 4 is 26.7 Å². The summed E-state index contributed by atoms with van der Waals surface area (Å²) in [7, 11) is -2.83. The molecule has 0 saturated heterocycles. The van der Waals surface area contributed by atoms with Crippen LogP contribution in [0, 0.1) is 0 Å². The Balaban J connectivity index is 4.89. The van der Waals surface area contributed by atoms with Gasteiger partial charge in [-0.25, -0.2) is 0 Å². The standard InChI is InChI=1S/C17H34N2O9Si/c1-4-26-29(27-5-2,28-6-3)11-7-8-18(12-15(20)21)9-10-19(13-16(22)23)14-17(24)25/h4-14H2,1-3H3,(H,20,21)(H,22,23)(H,24,25). The van der Waals surface area contributed by atoms with E-state index in [9.17, 15) is 14.4 Å². The molecule has 0 aliphatic heterocycles. The smallest absolute Gasteiger partial charge is 0.480 e. The van der Waals surface area contributed by atoms with Gasteiger partial charge in [-0.15, -0.1) is 0 Å². The van der Waals surface area contributed by atoms with Crippen LogP contribution in [0.25, 0.3) is 0 Å². The van der Waals surface area contributed by atoms with Crippen molar-refractivity contribution in [1.82, 2.24) is 9.80 Å². The maximum atomic E-state index is 11.2. The number of carboxylic acids is 3. The Hall–Kier alpha value is -1.57. The molecule has 0 bridgehead atoms. The molecule has 0 aliphatic rings. The van der Waals surface area contributed by atoms with Crippen molar-refractivity contribution in [2.24, 2.45) is 0 Å². The molecule has 0 aromatic carbocycles. The molecule has 0 unspecified atom stereocenters. The van der Waals surface area contributed by atoms with Gasteiger partial charge in [0.2, 0.25) is 0 Å². The van der Waals surface area contributed by atoms with Gasteiger partial charge in [-0.2, -0.15) is 0 Å². The van der Waals surface area contributed by atoms with Crippen LogP contribution < -0.4 is 0 Å². The first-order valence-electron chi connectivity index (χ1n) is 9.69. The molecule has 0 aromatic heterocycles. The fourth-order valence-electron chi connectivity index (χ4n) is 2.86. The summed E-state index contributed by atoms with van der Waals surface area (Å²) in [6, 6.07) is 0.520. The van der Waals surface area contributed by atoms with Gasteiger partial charge in [-0.3, -0.25) is 24.2 Å². The highest BCUT2D eigenvalue weighted by atomic mass is 28.4. The number of nitrogens with zero attached hydrogens (tertiary/aromatic N) is 2. The monoisotopic (exact) mass is 438 g/mol. The maximum Gasteiger partial charge on any atom is 0.500 e. The Bertz CT molecular complexity index is 474. The molecule has 0 spiro atoms. The van der Waals surface area contributed by atoms with E-state index in [0.29, 0.717) is 38.8 Å². The number of aliphatic carboxylic acids is 3. The minimum Gasteiger partial charge on any atom is -0.480 e. The molecule has 0 amide bonds. The van der Waals surface area contributed by atoms with Gasteiger partial charge in [0.15, 0.2) is 0 Å². The molecule has 11 nitrogen and oxygen atoms in total. The normalized spacial score (nSPS) is 11.9. The quantitative estimate of drug-likeness (QED) is 0.239. The highest BCUT2D eigenvalue weighted by Crippen LogP contribution is 2.18. The van der Waals surface area contributed by atoms with Crippen molar-refractivity contribution < 1.29 is 43.0 Å². The Kier molecular flexibility index (Phi) is 14.5. The van der Waals surface area contributed by atoms with Crippen LogP contribution in [0.15, 0.2) is 0 Å². The molecular weight excluding hydrogens is 404 g/mol. The van der Waals surface area contributed by atoms with E-state index in [1.54, 1.807) is 4.90 Å². The SMILES string of the molecule is CCO[Si](CCCN(CCN(CC(=O)O)CC(=O)O)CC(=O)O)(OCC)OCC. The van der Waals surface area contributed by atoms with Gasteiger partial charge in [0.05, 0.1) is 19.6 Å². The first-order valence-corrected chi connectivity index (χ1v) is 11.6. The highest BCUT2D eigenvalue weighted by Gasteiger charge is 2.39. The summed E-state index contributed by atoms with van der Waals surface area (Å²) in [6.07, 6.45) is 0.567. The fraction of sp³-hybridized carbons (Fsp3) is 0.824. The average Bonchev–Trinajstić information content (AvgIpc) is 2.58. The number of carbonyl (C=O) groups is 3. The minimum atomic E-state index is -2.83. The van der Waals surface area contributed by atoms with Crippen LogP contribution in [-0.4, -0.2) is 111 Å². The van der Waals surface area contributed by atoms with E-state index < -0.39 is 39.8 Å². The maximum absolute atomic E-state index is 11.2. The Labute approximate surface area is 172 Å². The van der Waals surface area contributed by atoms with Gasteiger partial charge in [0.25, 0.3) is 0 Å². The van der Waals surface area contributed by atoms with Crippen LogP contribution in [0.1, 0.15) is 27.2 Å². The van der Waals surface area contributed by atoms with Crippen LogP contribution in [0.4, 0.5) is 0 Å². The van der Waals surface area contributed by atoms with Gasteiger partial charge in [-0.1, -0.05) is 0 Å². The molecule has 0 aliphatic carbocycles. The molecule has 0 radical (unpaired) electrons. The number of hydrogen-bond donors (Lipinski definition) is 3. The van der Waals surface area contributed by atoms with Crippen molar-refractivity contribution in [3.63, 3.8) is 0 Å². The molecule has 0 saturated carbocycles. The van der Waals surface area contributed by atoms with Gasteiger partial charge in [0, 0.05) is 39.0 Å². The van der Waals surface area contributed by atoms with E-state index in [1.165, 1.54) is 4.90 Å². The Morgan fingerprint density at radius 1 is 0.690 bits per heavy atom. The second-order valence-corrected chi connectivity index (χ2v) is 8.99. The topological polar surface area (TPSA) is 146 Å². The molecular formula is C17H34N2O9Si. The van der Waals surface area contributed by atoms with E-state index in [4.69, 9.17) is 28.6 Å². The van der Waals surface area contributed by atoms with Crippen LogP contribution >= 0.6 is 0 Å². The molecule has 29 heavy (non-hydrogen) atoms. The molecule has 0 fully saturated rings. The zero-order chi connectivity index (χ0) is 22.3. The first kappa shape index (κ1) is 27.4. The molecule has 0 rings (SSSR count). The molecule has 12 heteroatoms. The van der Waals surface area contributed by atoms with Crippen molar-refractivity contribution in [1.29, 1.82) is 0 Å². The molecule has 0 atom stereocenters. The lowest BCUT2D eigenvalue weighted by Crippen LogP contribution is -2.47. The summed E-state index contributed by atoms with van der Waals surface area (Å²) in [5, 5.41) is 27.0. The third-order valence-corrected chi connectivity index (χ3v) is 7.01. The number of rotatable bonds is 19. The summed E-state index contributed by atoms with van der Waals surface area (Å²) in [4.78, 5) is 35.9. The van der Waals surface area contributed by atoms with E-state index >= 15 is 0 Å². The summed E-state index contributed by atoms with van der Waals surface area (Å²) >= 11 is 0. The molecule has 3 N–H and O–H groups in total.